The van der Waals surface area contributed by atoms with Gasteiger partial charge in [0.1, 0.15) is 5.54 Å². The molecule has 2 aliphatic rings. The van der Waals surface area contributed by atoms with Crippen LogP contribution in [0.25, 0.3) is 0 Å². The van der Waals surface area contributed by atoms with Crippen LogP contribution in [0, 0.1) is 5.92 Å². The maximum absolute atomic E-state index is 11.9. The number of nitrogens with one attached hydrogen (secondary N) is 1. The Morgan fingerprint density at radius 3 is 2.47 bits per heavy atom. The first-order valence-corrected chi connectivity index (χ1v) is 7.11. The quantitative estimate of drug-likeness (QED) is 0.769. The summed E-state index contributed by atoms with van der Waals surface area (Å²) in [6, 6.07) is 0. The second-order valence-electron chi connectivity index (χ2n) is 6.01. The van der Waals surface area contributed by atoms with E-state index in [-0.39, 0.29) is 24.0 Å². The average molecular weight is 269 g/mol. The highest BCUT2D eigenvalue weighted by Crippen LogP contribution is 2.39. The molecule has 5 heteroatoms. The van der Waals surface area contributed by atoms with Gasteiger partial charge in [-0.3, -0.25) is 4.79 Å². The molecule has 0 unspecified atom stereocenters. The molecular weight excluding hydrogens is 246 g/mol. The maximum atomic E-state index is 11.9. The van der Waals surface area contributed by atoms with E-state index in [1.807, 2.05) is 6.92 Å². The van der Waals surface area contributed by atoms with Gasteiger partial charge in [-0.15, -0.1) is 0 Å². The Morgan fingerprint density at radius 2 is 2.00 bits per heavy atom. The van der Waals surface area contributed by atoms with Crippen LogP contribution in [0.15, 0.2) is 0 Å². The molecule has 0 spiro atoms. The molecule has 0 aromatic rings. The van der Waals surface area contributed by atoms with E-state index < -0.39 is 11.5 Å². The van der Waals surface area contributed by atoms with E-state index >= 15 is 0 Å². The zero-order valence-electron chi connectivity index (χ0n) is 11.6. The first-order chi connectivity index (χ1) is 8.91. The van der Waals surface area contributed by atoms with Crippen molar-refractivity contribution in [2.45, 2.75) is 70.1 Å². The summed E-state index contributed by atoms with van der Waals surface area (Å²) < 4.78 is 5.65. The smallest absolute Gasteiger partial charge is 0.329 e. The van der Waals surface area contributed by atoms with E-state index in [9.17, 15) is 14.7 Å². The SMILES string of the molecule is C[C@@H]1CC[C@@H](CCC(=O)N[C@@](C)(C(=O)O)C2CC2)O1. The van der Waals surface area contributed by atoms with Gasteiger partial charge in [-0.1, -0.05) is 0 Å². The number of aliphatic carboxylic acids is 1. The minimum absolute atomic E-state index is 0.0803. The van der Waals surface area contributed by atoms with Gasteiger partial charge in [0.15, 0.2) is 0 Å². The molecule has 1 saturated heterocycles. The van der Waals surface area contributed by atoms with Crippen molar-refractivity contribution in [1.29, 1.82) is 0 Å². The van der Waals surface area contributed by atoms with Gasteiger partial charge in [0, 0.05) is 6.42 Å². The van der Waals surface area contributed by atoms with Crippen molar-refractivity contribution >= 4 is 11.9 Å². The highest BCUT2D eigenvalue weighted by atomic mass is 16.5. The Hall–Kier alpha value is -1.10. The molecule has 2 fully saturated rings. The topological polar surface area (TPSA) is 75.6 Å². The van der Waals surface area contributed by atoms with Crippen LogP contribution in [0.5, 0.6) is 0 Å². The largest absolute Gasteiger partial charge is 0.480 e. The Morgan fingerprint density at radius 1 is 1.32 bits per heavy atom. The molecule has 108 valence electrons. The fourth-order valence-electron chi connectivity index (χ4n) is 2.73. The highest BCUT2D eigenvalue weighted by Gasteiger charge is 2.48. The third-order valence-electron chi connectivity index (χ3n) is 4.25. The number of hydrogen-bond acceptors (Lipinski definition) is 3. The number of amides is 1. The minimum Gasteiger partial charge on any atom is -0.480 e. The molecule has 0 radical (unpaired) electrons. The number of ether oxygens (including phenoxy) is 1. The van der Waals surface area contributed by atoms with Gasteiger partial charge >= 0.3 is 5.97 Å². The molecule has 2 rings (SSSR count). The lowest BCUT2D eigenvalue weighted by atomic mass is 9.95. The monoisotopic (exact) mass is 269 g/mol. The van der Waals surface area contributed by atoms with Crippen molar-refractivity contribution < 1.29 is 19.4 Å². The fraction of sp³-hybridized carbons (Fsp3) is 0.857. The zero-order valence-corrected chi connectivity index (χ0v) is 11.6. The van der Waals surface area contributed by atoms with E-state index in [0.717, 1.165) is 25.7 Å². The Labute approximate surface area is 113 Å². The minimum atomic E-state index is -1.10. The number of rotatable bonds is 6. The molecule has 19 heavy (non-hydrogen) atoms. The average Bonchev–Trinajstić information content (AvgIpc) is 3.11. The van der Waals surface area contributed by atoms with Crippen molar-refractivity contribution in [3.05, 3.63) is 0 Å². The highest BCUT2D eigenvalue weighted by molar-refractivity contribution is 5.87. The molecule has 0 aromatic carbocycles. The summed E-state index contributed by atoms with van der Waals surface area (Å²) in [5, 5.41) is 12.0. The Balaban J connectivity index is 1.78. The van der Waals surface area contributed by atoms with E-state index in [0.29, 0.717) is 12.8 Å². The van der Waals surface area contributed by atoms with Crippen LogP contribution < -0.4 is 5.32 Å². The normalized spacial score (nSPS) is 29.8. The summed E-state index contributed by atoms with van der Waals surface area (Å²) in [5.41, 5.74) is -1.10. The van der Waals surface area contributed by atoms with Gasteiger partial charge in [0.25, 0.3) is 0 Å². The van der Waals surface area contributed by atoms with Gasteiger partial charge in [-0.2, -0.15) is 0 Å². The summed E-state index contributed by atoms with van der Waals surface area (Å²) in [6.45, 7) is 3.65. The molecule has 1 aliphatic carbocycles. The van der Waals surface area contributed by atoms with Crippen LogP contribution in [-0.4, -0.2) is 34.7 Å². The van der Waals surface area contributed by atoms with Gasteiger partial charge < -0.3 is 15.2 Å². The molecule has 0 aromatic heterocycles. The number of carboxylic acid groups (broad SMARTS) is 1. The molecule has 1 saturated carbocycles. The van der Waals surface area contributed by atoms with E-state index in [1.165, 1.54) is 0 Å². The van der Waals surface area contributed by atoms with E-state index in [2.05, 4.69) is 5.32 Å². The number of hydrogen-bond donors (Lipinski definition) is 2. The zero-order chi connectivity index (χ0) is 14.0. The van der Waals surface area contributed by atoms with Crippen molar-refractivity contribution in [1.82, 2.24) is 5.32 Å². The lowest BCUT2D eigenvalue weighted by Crippen LogP contribution is -2.54. The Kier molecular flexibility index (Phi) is 4.13. The summed E-state index contributed by atoms with van der Waals surface area (Å²) in [7, 11) is 0. The van der Waals surface area contributed by atoms with Crippen LogP contribution in [-0.2, 0) is 14.3 Å². The van der Waals surface area contributed by atoms with Crippen molar-refractivity contribution in [3.63, 3.8) is 0 Å². The molecule has 0 bridgehead atoms. The molecule has 1 amide bonds. The molecule has 1 heterocycles. The van der Waals surface area contributed by atoms with Crippen molar-refractivity contribution in [2.75, 3.05) is 0 Å². The fourth-order valence-corrected chi connectivity index (χ4v) is 2.73. The predicted molar refractivity (Wildman–Crippen MR) is 69.7 cm³/mol. The second-order valence-corrected chi connectivity index (χ2v) is 6.01. The molecular formula is C14H23NO4. The van der Waals surface area contributed by atoms with Gasteiger partial charge in [0.05, 0.1) is 12.2 Å². The third kappa shape index (κ3) is 3.47. The predicted octanol–water partition coefficient (Wildman–Crippen LogP) is 1.70. The van der Waals surface area contributed by atoms with E-state index in [1.54, 1.807) is 6.92 Å². The first-order valence-electron chi connectivity index (χ1n) is 7.11. The summed E-state index contributed by atoms with van der Waals surface area (Å²) in [4.78, 5) is 23.2. The lowest BCUT2D eigenvalue weighted by molar-refractivity contribution is -0.148. The standard InChI is InChI=1S/C14H23NO4/c1-9-3-6-11(19-9)7-8-12(16)15-14(2,13(17)18)10-4-5-10/h9-11H,3-8H2,1-2H3,(H,15,16)(H,17,18)/t9-,11+,14-/m1/s1. The summed E-state index contributed by atoms with van der Waals surface area (Å²) >= 11 is 0. The lowest BCUT2D eigenvalue weighted by Gasteiger charge is -2.26. The van der Waals surface area contributed by atoms with Crippen LogP contribution in [0.4, 0.5) is 0 Å². The van der Waals surface area contributed by atoms with Crippen LogP contribution in [0.1, 0.15) is 52.4 Å². The third-order valence-corrected chi connectivity index (χ3v) is 4.25. The second kappa shape index (κ2) is 5.49. The van der Waals surface area contributed by atoms with Gasteiger partial charge in [-0.05, 0) is 51.9 Å². The Bertz CT molecular complexity index is 366. The summed E-state index contributed by atoms with van der Waals surface area (Å²) in [5.74, 6) is -1.04. The first kappa shape index (κ1) is 14.3. The molecule has 2 N–H and O–H groups in total. The number of carboxylic acids is 1. The van der Waals surface area contributed by atoms with Crippen molar-refractivity contribution in [3.8, 4) is 0 Å². The summed E-state index contributed by atoms with van der Waals surface area (Å²) in [6.07, 6.45) is 5.25. The van der Waals surface area contributed by atoms with Gasteiger partial charge in [0.2, 0.25) is 5.91 Å². The van der Waals surface area contributed by atoms with E-state index in [4.69, 9.17) is 4.74 Å². The molecule has 5 nitrogen and oxygen atoms in total. The van der Waals surface area contributed by atoms with Crippen LogP contribution in [0.3, 0.4) is 0 Å². The van der Waals surface area contributed by atoms with Crippen LogP contribution >= 0.6 is 0 Å². The molecule has 3 atom stereocenters. The van der Waals surface area contributed by atoms with Crippen LogP contribution in [0.2, 0.25) is 0 Å². The number of carbonyl (C=O) groups is 2. The van der Waals surface area contributed by atoms with Crippen molar-refractivity contribution in [2.24, 2.45) is 5.92 Å². The van der Waals surface area contributed by atoms with Gasteiger partial charge in [-0.25, -0.2) is 4.79 Å². The molecule has 1 aliphatic heterocycles. The maximum Gasteiger partial charge on any atom is 0.329 e. The number of carbonyl (C=O) groups excluding carboxylic acids is 1.